The van der Waals surface area contributed by atoms with Crippen molar-refractivity contribution < 1.29 is 9.47 Å². The lowest BCUT2D eigenvalue weighted by molar-refractivity contribution is 0.0717. The number of thiophene rings is 1. The number of nitrogen functional groups attached to an aromatic ring is 1. The zero-order valence-electron chi connectivity index (χ0n) is 12.0. The number of hydrogen-bond donors (Lipinski definition) is 2. The fraction of sp³-hybridized carbons (Fsp3) is 0.538. The van der Waals surface area contributed by atoms with Crippen molar-refractivity contribution >= 4 is 27.4 Å². The van der Waals surface area contributed by atoms with E-state index in [-0.39, 0.29) is 0 Å². The highest BCUT2D eigenvalue weighted by Gasteiger charge is 2.13. The van der Waals surface area contributed by atoms with Crippen LogP contribution in [0.1, 0.15) is 16.3 Å². The molecule has 0 aromatic carbocycles. The van der Waals surface area contributed by atoms with Gasteiger partial charge in [0, 0.05) is 18.4 Å². The second-order valence-electron chi connectivity index (χ2n) is 4.45. The van der Waals surface area contributed by atoms with Gasteiger partial charge in [-0.1, -0.05) is 0 Å². The quantitative estimate of drug-likeness (QED) is 0.460. The van der Waals surface area contributed by atoms with Crippen LogP contribution in [0.5, 0.6) is 0 Å². The van der Waals surface area contributed by atoms with Crippen LogP contribution in [0.2, 0.25) is 0 Å². The van der Waals surface area contributed by atoms with Crippen LogP contribution in [0, 0.1) is 13.8 Å². The zero-order chi connectivity index (χ0) is 14.5. The minimum absolute atomic E-state index is 0.572. The molecule has 2 heterocycles. The number of hydrazine groups is 1. The third kappa shape index (κ3) is 3.24. The van der Waals surface area contributed by atoms with Crippen LogP contribution in [0.15, 0.2) is 0 Å². The van der Waals surface area contributed by atoms with Crippen LogP contribution in [-0.4, -0.2) is 36.9 Å². The SMILES string of the molecule is COCCOCCc1nc(NN)c2c(C)c(C)sc2n1. The number of anilines is 1. The molecule has 0 spiro atoms. The molecule has 0 unspecified atom stereocenters. The smallest absolute Gasteiger partial charge is 0.152 e. The topological polar surface area (TPSA) is 82.3 Å². The number of methoxy groups -OCH3 is 1. The van der Waals surface area contributed by atoms with Gasteiger partial charge in [0.05, 0.1) is 25.2 Å². The fourth-order valence-electron chi connectivity index (χ4n) is 1.92. The molecule has 0 aliphatic carbocycles. The molecule has 2 aromatic heterocycles. The van der Waals surface area contributed by atoms with Gasteiger partial charge in [-0.15, -0.1) is 11.3 Å². The van der Waals surface area contributed by atoms with Crippen LogP contribution in [0.3, 0.4) is 0 Å². The standard InChI is InChI=1S/C13H20N4O2S/c1-8-9(2)20-13-11(8)12(17-14)15-10(16-13)4-5-19-7-6-18-3/h4-7,14H2,1-3H3,(H,15,16,17). The molecule has 0 saturated carbocycles. The van der Waals surface area contributed by atoms with Crippen molar-refractivity contribution in [3.05, 3.63) is 16.3 Å². The lowest BCUT2D eigenvalue weighted by Gasteiger charge is -2.06. The molecular formula is C13H20N4O2S. The Morgan fingerprint density at radius 3 is 2.70 bits per heavy atom. The molecule has 0 bridgehead atoms. The monoisotopic (exact) mass is 296 g/mol. The third-order valence-corrected chi connectivity index (χ3v) is 4.21. The van der Waals surface area contributed by atoms with Crippen molar-refractivity contribution in [1.29, 1.82) is 0 Å². The summed E-state index contributed by atoms with van der Waals surface area (Å²) in [7, 11) is 1.65. The van der Waals surface area contributed by atoms with Gasteiger partial charge in [-0.05, 0) is 19.4 Å². The highest BCUT2D eigenvalue weighted by atomic mass is 32.1. The molecule has 0 atom stereocenters. The van der Waals surface area contributed by atoms with E-state index in [9.17, 15) is 0 Å². The van der Waals surface area contributed by atoms with Crippen LogP contribution in [0.25, 0.3) is 10.2 Å². The van der Waals surface area contributed by atoms with Gasteiger partial charge >= 0.3 is 0 Å². The summed E-state index contributed by atoms with van der Waals surface area (Å²) in [6, 6.07) is 0. The van der Waals surface area contributed by atoms with Gasteiger partial charge in [-0.3, -0.25) is 0 Å². The number of hydrogen-bond acceptors (Lipinski definition) is 7. The molecule has 0 aliphatic heterocycles. The lowest BCUT2D eigenvalue weighted by atomic mass is 10.2. The Morgan fingerprint density at radius 1 is 1.20 bits per heavy atom. The predicted octanol–water partition coefficient (Wildman–Crippen LogP) is 1.80. The van der Waals surface area contributed by atoms with Crippen molar-refractivity contribution in [2.45, 2.75) is 20.3 Å². The van der Waals surface area contributed by atoms with E-state index < -0.39 is 0 Å². The molecule has 110 valence electrons. The summed E-state index contributed by atoms with van der Waals surface area (Å²) in [6.07, 6.45) is 0.657. The normalized spacial score (nSPS) is 11.2. The Bertz CT molecular complexity index is 585. The van der Waals surface area contributed by atoms with Gasteiger partial charge < -0.3 is 14.9 Å². The summed E-state index contributed by atoms with van der Waals surface area (Å²) in [5.74, 6) is 7.00. The van der Waals surface area contributed by atoms with Gasteiger partial charge in [0.15, 0.2) is 5.82 Å². The maximum atomic E-state index is 5.57. The number of aromatic nitrogens is 2. The molecule has 2 rings (SSSR count). The van der Waals surface area contributed by atoms with Crippen molar-refractivity contribution in [1.82, 2.24) is 9.97 Å². The Hall–Kier alpha value is -1.28. The van der Waals surface area contributed by atoms with Gasteiger partial charge in [0.2, 0.25) is 0 Å². The van der Waals surface area contributed by atoms with E-state index in [4.69, 9.17) is 15.3 Å². The molecule has 6 nitrogen and oxygen atoms in total. The first-order valence-corrected chi connectivity index (χ1v) is 7.29. The molecule has 0 fully saturated rings. The third-order valence-electron chi connectivity index (χ3n) is 3.11. The summed E-state index contributed by atoms with van der Waals surface area (Å²) in [4.78, 5) is 11.2. The van der Waals surface area contributed by atoms with Crippen LogP contribution in [-0.2, 0) is 15.9 Å². The van der Waals surface area contributed by atoms with Crippen molar-refractivity contribution in [3.8, 4) is 0 Å². The van der Waals surface area contributed by atoms with E-state index in [0.717, 1.165) is 16.0 Å². The first-order valence-electron chi connectivity index (χ1n) is 6.47. The van der Waals surface area contributed by atoms with E-state index in [1.165, 1.54) is 10.4 Å². The van der Waals surface area contributed by atoms with Crippen LogP contribution < -0.4 is 11.3 Å². The Kier molecular flexibility index (Phi) is 5.24. The average Bonchev–Trinajstić information content (AvgIpc) is 2.73. The molecule has 7 heteroatoms. The number of nitrogens with one attached hydrogen (secondary N) is 1. The summed E-state index contributed by atoms with van der Waals surface area (Å²) in [6.45, 7) is 5.89. The van der Waals surface area contributed by atoms with Gasteiger partial charge in [0.25, 0.3) is 0 Å². The van der Waals surface area contributed by atoms with E-state index in [1.54, 1.807) is 18.4 Å². The summed E-state index contributed by atoms with van der Waals surface area (Å²) in [5.41, 5.74) is 3.85. The maximum Gasteiger partial charge on any atom is 0.152 e. The molecule has 20 heavy (non-hydrogen) atoms. The van der Waals surface area contributed by atoms with E-state index in [2.05, 4.69) is 29.2 Å². The predicted molar refractivity (Wildman–Crippen MR) is 81.1 cm³/mol. The van der Waals surface area contributed by atoms with Crippen molar-refractivity contribution in [2.75, 3.05) is 32.4 Å². The minimum atomic E-state index is 0.572. The molecular weight excluding hydrogens is 276 g/mol. The van der Waals surface area contributed by atoms with E-state index >= 15 is 0 Å². The molecule has 0 amide bonds. The largest absolute Gasteiger partial charge is 0.382 e. The number of rotatable bonds is 7. The second kappa shape index (κ2) is 6.94. The van der Waals surface area contributed by atoms with Crippen molar-refractivity contribution in [3.63, 3.8) is 0 Å². The average molecular weight is 296 g/mol. The molecule has 0 aliphatic rings. The fourth-order valence-corrected chi connectivity index (χ4v) is 2.97. The second-order valence-corrected chi connectivity index (χ2v) is 5.65. The Balaban J connectivity index is 2.15. The van der Waals surface area contributed by atoms with Gasteiger partial charge in [0.1, 0.15) is 10.7 Å². The number of nitrogens with zero attached hydrogens (tertiary/aromatic N) is 2. The van der Waals surface area contributed by atoms with E-state index in [1.807, 2.05) is 0 Å². The first kappa shape index (κ1) is 15.1. The first-order chi connectivity index (χ1) is 9.67. The minimum Gasteiger partial charge on any atom is -0.382 e. The summed E-state index contributed by atoms with van der Waals surface area (Å²) >= 11 is 1.66. The highest BCUT2D eigenvalue weighted by molar-refractivity contribution is 7.18. The van der Waals surface area contributed by atoms with E-state index in [0.29, 0.717) is 32.1 Å². The zero-order valence-corrected chi connectivity index (χ0v) is 12.8. The summed E-state index contributed by atoms with van der Waals surface area (Å²) < 4.78 is 10.4. The number of aryl methyl sites for hydroxylation is 2. The number of fused-ring (bicyclic) bond motifs is 1. The van der Waals surface area contributed by atoms with Gasteiger partial charge in [-0.25, -0.2) is 15.8 Å². The van der Waals surface area contributed by atoms with Crippen LogP contribution in [0.4, 0.5) is 5.82 Å². The lowest BCUT2D eigenvalue weighted by Crippen LogP contribution is -2.12. The molecule has 0 saturated heterocycles. The van der Waals surface area contributed by atoms with Crippen molar-refractivity contribution in [2.24, 2.45) is 5.84 Å². The highest BCUT2D eigenvalue weighted by Crippen LogP contribution is 2.32. The summed E-state index contributed by atoms with van der Waals surface area (Å²) in [5, 5.41) is 1.01. The molecule has 0 radical (unpaired) electrons. The molecule has 3 N–H and O–H groups in total. The van der Waals surface area contributed by atoms with Gasteiger partial charge in [-0.2, -0.15) is 0 Å². The Morgan fingerprint density at radius 2 is 2.00 bits per heavy atom. The molecule has 2 aromatic rings. The maximum absolute atomic E-state index is 5.57. The number of ether oxygens (including phenoxy) is 2. The Labute approximate surface area is 122 Å². The number of nitrogens with two attached hydrogens (primary N) is 1. The van der Waals surface area contributed by atoms with Crippen LogP contribution >= 0.6 is 11.3 Å².